The zero-order valence-corrected chi connectivity index (χ0v) is 21.7. The number of aromatic amines is 2. The Morgan fingerprint density at radius 2 is 1.13 bits per heavy atom. The fourth-order valence-corrected chi connectivity index (χ4v) is 5.00. The highest BCUT2D eigenvalue weighted by molar-refractivity contribution is 5.97. The number of aromatic nitrogens is 2. The number of esters is 3. The second-order valence-electron chi connectivity index (χ2n) is 9.15. The fraction of sp³-hybridized carbons (Fsp3) is 0.167. The highest BCUT2D eigenvalue weighted by atomic mass is 16.5. The molecule has 0 bridgehead atoms. The average molecular weight is 526 g/mol. The molecule has 0 unspecified atom stereocenters. The monoisotopic (exact) mass is 525 g/mol. The van der Waals surface area contributed by atoms with Crippen molar-refractivity contribution in [2.24, 2.45) is 0 Å². The van der Waals surface area contributed by atoms with Crippen molar-refractivity contribution in [1.82, 2.24) is 9.97 Å². The number of ether oxygens (including phenoxy) is 3. The first-order valence-corrected chi connectivity index (χ1v) is 12.2. The third-order valence-electron chi connectivity index (χ3n) is 7.01. The van der Waals surface area contributed by atoms with Crippen LogP contribution in [0.4, 0.5) is 5.69 Å². The summed E-state index contributed by atoms with van der Waals surface area (Å²) in [6, 6.07) is 15.9. The summed E-state index contributed by atoms with van der Waals surface area (Å²) in [7, 11) is 4.02. The molecule has 0 radical (unpaired) electrons. The summed E-state index contributed by atoms with van der Waals surface area (Å²) in [4.78, 5) is 42.8. The minimum atomic E-state index is -0.458. The van der Waals surface area contributed by atoms with Crippen molar-refractivity contribution >= 4 is 45.4 Å². The number of carbonyl (C=O) groups excluding carboxylic acids is 3. The maximum Gasteiger partial charge on any atom is 0.337 e. The predicted octanol–water partition coefficient (Wildman–Crippen LogP) is 4.97. The van der Waals surface area contributed by atoms with Crippen LogP contribution in [0.25, 0.3) is 21.8 Å². The van der Waals surface area contributed by atoms with E-state index in [-0.39, 0.29) is 5.92 Å². The van der Waals surface area contributed by atoms with Crippen LogP contribution in [0.15, 0.2) is 67.0 Å². The van der Waals surface area contributed by atoms with Gasteiger partial charge in [0, 0.05) is 45.8 Å². The Morgan fingerprint density at radius 3 is 1.56 bits per heavy atom. The van der Waals surface area contributed by atoms with E-state index < -0.39 is 17.9 Å². The molecule has 0 atom stereocenters. The van der Waals surface area contributed by atoms with Crippen LogP contribution in [-0.2, 0) is 20.6 Å². The van der Waals surface area contributed by atoms with Crippen molar-refractivity contribution in [1.29, 1.82) is 0 Å². The van der Waals surface area contributed by atoms with Crippen LogP contribution in [0.2, 0.25) is 0 Å². The van der Waals surface area contributed by atoms with Gasteiger partial charge in [0.2, 0.25) is 0 Å². The van der Waals surface area contributed by atoms with Gasteiger partial charge >= 0.3 is 17.9 Å². The number of methoxy groups -OCH3 is 3. The molecule has 0 fully saturated rings. The summed E-state index contributed by atoms with van der Waals surface area (Å²) in [5.74, 6) is -1.46. The lowest BCUT2D eigenvalue weighted by Gasteiger charge is -2.18. The van der Waals surface area contributed by atoms with Gasteiger partial charge in [-0.05, 0) is 59.5 Å². The second-order valence-corrected chi connectivity index (χ2v) is 9.15. The highest BCUT2D eigenvalue weighted by Crippen LogP contribution is 2.38. The molecule has 0 aliphatic heterocycles. The van der Waals surface area contributed by atoms with Crippen LogP contribution in [0.3, 0.4) is 0 Å². The summed E-state index contributed by atoms with van der Waals surface area (Å²) >= 11 is 0. The van der Waals surface area contributed by atoms with Gasteiger partial charge in [-0.15, -0.1) is 0 Å². The van der Waals surface area contributed by atoms with Gasteiger partial charge in [0.15, 0.2) is 0 Å². The first-order chi connectivity index (χ1) is 18.8. The molecule has 4 N–H and O–H groups in total. The third kappa shape index (κ3) is 4.70. The Bertz CT molecular complexity index is 1640. The molecule has 0 amide bonds. The number of hydrogen-bond acceptors (Lipinski definition) is 7. The number of nitrogens with two attached hydrogens (primary N) is 1. The van der Waals surface area contributed by atoms with E-state index in [1.165, 1.54) is 21.3 Å². The summed E-state index contributed by atoms with van der Waals surface area (Å²) in [5, 5.41) is 1.89. The van der Waals surface area contributed by atoms with Gasteiger partial charge in [-0.3, -0.25) is 0 Å². The fourth-order valence-electron chi connectivity index (χ4n) is 5.00. The molecule has 5 aromatic rings. The number of rotatable bonds is 7. The molecular weight excluding hydrogens is 498 g/mol. The van der Waals surface area contributed by atoms with E-state index in [0.717, 1.165) is 38.5 Å². The Morgan fingerprint density at radius 1 is 0.692 bits per heavy atom. The topological polar surface area (TPSA) is 136 Å². The Balaban J connectivity index is 1.64. The van der Waals surface area contributed by atoms with E-state index in [1.807, 2.05) is 30.6 Å². The molecule has 9 nitrogen and oxygen atoms in total. The number of anilines is 1. The normalized spacial score (nSPS) is 11.2. The summed E-state index contributed by atoms with van der Waals surface area (Å²) in [5.41, 5.74) is 12.6. The molecule has 0 saturated carbocycles. The smallest absolute Gasteiger partial charge is 0.337 e. The van der Waals surface area contributed by atoms with E-state index in [9.17, 15) is 14.4 Å². The Hall–Kier alpha value is -5.05. The maximum absolute atomic E-state index is 12.1. The van der Waals surface area contributed by atoms with E-state index in [1.54, 1.807) is 36.4 Å². The molecule has 0 saturated heterocycles. The first-order valence-electron chi connectivity index (χ1n) is 12.2. The van der Waals surface area contributed by atoms with Gasteiger partial charge in [0.25, 0.3) is 0 Å². The van der Waals surface area contributed by atoms with Crippen LogP contribution >= 0.6 is 0 Å². The van der Waals surface area contributed by atoms with Gasteiger partial charge < -0.3 is 29.9 Å². The van der Waals surface area contributed by atoms with Crippen LogP contribution in [0.5, 0.6) is 0 Å². The lowest BCUT2D eigenvalue weighted by molar-refractivity contribution is 0.0592. The van der Waals surface area contributed by atoms with Gasteiger partial charge in [0.05, 0.1) is 38.0 Å². The van der Waals surface area contributed by atoms with E-state index in [0.29, 0.717) is 28.8 Å². The summed E-state index contributed by atoms with van der Waals surface area (Å²) < 4.78 is 14.6. The molecule has 9 heteroatoms. The number of fused-ring (bicyclic) bond motifs is 2. The summed E-state index contributed by atoms with van der Waals surface area (Å²) in [6.07, 6.45) is 4.37. The number of carbonyl (C=O) groups is 3. The summed E-state index contributed by atoms with van der Waals surface area (Å²) in [6.45, 7) is 0. The molecule has 198 valence electrons. The van der Waals surface area contributed by atoms with Gasteiger partial charge in [-0.2, -0.15) is 0 Å². The van der Waals surface area contributed by atoms with E-state index in [2.05, 4.69) is 9.97 Å². The minimum absolute atomic E-state index is 0.174. The number of nitrogen functional groups attached to an aromatic ring is 1. The minimum Gasteiger partial charge on any atom is -0.465 e. The van der Waals surface area contributed by atoms with Crippen molar-refractivity contribution in [3.05, 3.63) is 100 Å². The lowest BCUT2D eigenvalue weighted by Crippen LogP contribution is -2.08. The number of H-pyrrole nitrogens is 2. The molecular formula is C30H27N3O6. The number of hydrogen-bond donors (Lipinski definition) is 3. The van der Waals surface area contributed by atoms with Crippen LogP contribution in [0.1, 0.15) is 53.7 Å². The molecule has 0 spiro atoms. The molecule has 0 aliphatic carbocycles. The largest absolute Gasteiger partial charge is 0.465 e. The number of nitrogens with one attached hydrogen (secondary N) is 2. The van der Waals surface area contributed by atoms with Crippen LogP contribution < -0.4 is 5.73 Å². The van der Waals surface area contributed by atoms with Gasteiger partial charge in [-0.25, -0.2) is 14.4 Å². The molecule has 0 aliphatic rings. The van der Waals surface area contributed by atoms with Crippen molar-refractivity contribution < 1.29 is 28.6 Å². The lowest BCUT2D eigenvalue weighted by atomic mass is 9.84. The molecule has 39 heavy (non-hydrogen) atoms. The van der Waals surface area contributed by atoms with E-state index >= 15 is 0 Å². The average Bonchev–Trinajstić information content (AvgIpc) is 3.58. The molecule has 5 rings (SSSR count). The Labute approximate surface area is 223 Å². The predicted molar refractivity (Wildman–Crippen MR) is 147 cm³/mol. The van der Waals surface area contributed by atoms with Crippen molar-refractivity contribution in [3.8, 4) is 0 Å². The van der Waals surface area contributed by atoms with Crippen molar-refractivity contribution in [3.63, 3.8) is 0 Å². The van der Waals surface area contributed by atoms with Crippen molar-refractivity contribution in [2.45, 2.75) is 12.3 Å². The quantitative estimate of drug-likeness (QED) is 0.155. The van der Waals surface area contributed by atoms with Crippen molar-refractivity contribution in [2.75, 3.05) is 27.1 Å². The van der Waals surface area contributed by atoms with Gasteiger partial charge in [-0.1, -0.05) is 18.2 Å². The maximum atomic E-state index is 12.1. The van der Waals surface area contributed by atoms with Gasteiger partial charge in [0.1, 0.15) is 0 Å². The zero-order valence-electron chi connectivity index (χ0n) is 21.7. The van der Waals surface area contributed by atoms with E-state index in [4.69, 9.17) is 19.9 Å². The highest BCUT2D eigenvalue weighted by Gasteiger charge is 2.24. The first kappa shape index (κ1) is 25.6. The molecule has 2 heterocycles. The SMILES string of the molecule is COC(=O)c1ccc(CC(c2c[nH]c3cc(C(=O)OC)ccc23)c2c[nH]c3cc(C(=O)OC)ccc23)c(N)c1. The number of benzene rings is 3. The molecule has 3 aromatic carbocycles. The van der Waals surface area contributed by atoms with Crippen LogP contribution in [-0.4, -0.2) is 49.2 Å². The van der Waals surface area contributed by atoms with Crippen LogP contribution in [0, 0.1) is 0 Å². The Kier molecular flexibility index (Phi) is 6.81. The molecule has 2 aromatic heterocycles. The third-order valence-corrected chi connectivity index (χ3v) is 7.01. The zero-order chi connectivity index (χ0) is 27.7. The standard InChI is InChI=1S/C30H27N3O6/c1-37-28(34)17-5-4-16(25(31)11-17)10-22(23-14-32-26-12-18(29(35)38-2)6-8-20(23)26)24-15-33-27-13-19(30(36)39-3)7-9-21(24)27/h4-9,11-15,22,32-33H,10,31H2,1-3H3. The second kappa shape index (κ2) is 10.4.